The van der Waals surface area contributed by atoms with Crippen molar-refractivity contribution in [1.29, 1.82) is 0 Å². The lowest BCUT2D eigenvalue weighted by Crippen LogP contribution is -2.34. The zero-order valence-corrected chi connectivity index (χ0v) is 12.0. The van der Waals surface area contributed by atoms with Gasteiger partial charge in [0, 0.05) is 11.7 Å². The first-order chi connectivity index (χ1) is 8.42. The monoisotopic (exact) mass is 270 g/mol. The van der Waals surface area contributed by atoms with Crippen molar-refractivity contribution in [2.24, 2.45) is 0 Å². The number of nitrogens with one attached hydrogen (secondary N) is 1. The molecule has 102 valence electrons. The standard InChI is InChI=1S/C13H22N2O2S/c1-4-7-11(5-2)15-18(16,17)13-9-6-8-12(14)10(13)3/h6,8-9,11,15H,4-5,7,14H2,1-3H3. The molecule has 3 N–H and O–H groups in total. The predicted octanol–water partition coefficient (Wildman–Crippen LogP) is 2.43. The number of rotatable bonds is 6. The summed E-state index contributed by atoms with van der Waals surface area (Å²) in [5.74, 6) is 0. The van der Waals surface area contributed by atoms with Gasteiger partial charge in [0.15, 0.2) is 0 Å². The van der Waals surface area contributed by atoms with E-state index in [4.69, 9.17) is 5.73 Å². The molecule has 0 amide bonds. The summed E-state index contributed by atoms with van der Waals surface area (Å²) in [5, 5.41) is 0. The average molecular weight is 270 g/mol. The molecule has 0 aliphatic rings. The fraction of sp³-hybridized carbons (Fsp3) is 0.538. The second-order valence-electron chi connectivity index (χ2n) is 4.49. The summed E-state index contributed by atoms with van der Waals surface area (Å²) in [6, 6.07) is 4.95. The molecule has 5 heteroatoms. The molecule has 4 nitrogen and oxygen atoms in total. The van der Waals surface area contributed by atoms with Gasteiger partial charge in [0.25, 0.3) is 0 Å². The van der Waals surface area contributed by atoms with Gasteiger partial charge in [0.2, 0.25) is 10.0 Å². The summed E-state index contributed by atoms with van der Waals surface area (Å²) in [7, 11) is -3.48. The number of anilines is 1. The van der Waals surface area contributed by atoms with E-state index in [1.54, 1.807) is 25.1 Å². The van der Waals surface area contributed by atoms with Crippen LogP contribution in [-0.4, -0.2) is 14.5 Å². The maximum Gasteiger partial charge on any atom is 0.241 e. The van der Waals surface area contributed by atoms with Crippen LogP contribution in [0.25, 0.3) is 0 Å². The predicted molar refractivity (Wildman–Crippen MR) is 74.9 cm³/mol. The van der Waals surface area contributed by atoms with E-state index in [9.17, 15) is 8.42 Å². The largest absolute Gasteiger partial charge is 0.398 e. The van der Waals surface area contributed by atoms with Crippen molar-refractivity contribution in [3.63, 3.8) is 0 Å². The molecule has 0 heterocycles. The van der Waals surface area contributed by atoms with E-state index >= 15 is 0 Å². The van der Waals surface area contributed by atoms with Crippen LogP contribution in [0.2, 0.25) is 0 Å². The highest BCUT2D eigenvalue weighted by molar-refractivity contribution is 7.89. The number of sulfonamides is 1. The zero-order valence-electron chi connectivity index (χ0n) is 11.2. The Hall–Kier alpha value is -1.07. The molecule has 0 bridgehead atoms. The molecule has 0 aliphatic heterocycles. The molecular weight excluding hydrogens is 248 g/mol. The summed E-state index contributed by atoms with van der Waals surface area (Å²) in [5.41, 5.74) is 6.86. The molecule has 1 rings (SSSR count). The second kappa shape index (κ2) is 6.20. The Bertz CT molecular complexity index is 498. The van der Waals surface area contributed by atoms with Crippen LogP contribution in [0.5, 0.6) is 0 Å². The van der Waals surface area contributed by atoms with Crippen molar-refractivity contribution in [1.82, 2.24) is 4.72 Å². The average Bonchev–Trinajstić information content (AvgIpc) is 2.31. The molecule has 0 aromatic heterocycles. The van der Waals surface area contributed by atoms with Crippen LogP contribution in [0.1, 0.15) is 38.7 Å². The quantitative estimate of drug-likeness (QED) is 0.780. The maximum atomic E-state index is 12.3. The summed E-state index contributed by atoms with van der Waals surface area (Å²) < 4.78 is 27.3. The third kappa shape index (κ3) is 3.46. The lowest BCUT2D eigenvalue weighted by Gasteiger charge is -2.17. The van der Waals surface area contributed by atoms with Gasteiger partial charge in [0.1, 0.15) is 0 Å². The Balaban J connectivity index is 3.03. The Morgan fingerprint density at radius 2 is 2.00 bits per heavy atom. The molecule has 1 atom stereocenters. The highest BCUT2D eigenvalue weighted by Gasteiger charge is 2.20. The Morgan fingerprint density at radius 1 is 1.33 bits per heavy atom. The minimum atomic E-state index is -3.48. The lowest BCUT2D eigenvalue weighted by atomic mass is 10.1. The van der Waals surface area contributed by atoms with Crippen LogP contribution < -0.4 is 10.5 Å². The first kappa shape index (κ1) is 15.0. The number of hydrogen-bond acceptors (Lipinski definition) is 3. The maximum absolute atomic E-state index is 12.3. The van der Waals surface area contributed by atoms with Gasteiger partial charge in [-0.15, -0.1) is 0 Å². The van der Waals surface area contributed by atoms with Crippen LogP contribution in [0, 0.1) is 6.92 Å². The summed E-state index contributed by atoms with van der Waals surface area (Å²) in [4.78, 5) is 0.275. The summed E-state index contributed by atoms with van der Waals surface area (Å²) in [6.45, 7) is 5.75. The molecule has 1 aromatic rings. The van der Waals surface area contributed by atoms with Crippen molar-refractivity contribution in [3.05, 3.63) is 23.8 Å². The van der Waals surface area contributed by atoms with Crippen LogP contribution >= 0.6 is 0 Å². The molecule has 0 saturated carbocycles. The SMILES string of the molecule is CCCC(CC)NS(=O)(=O)c1cccc(N)c1C. The van der Waals surface area contributed by atoms with Gasteiger partial charge < -0.3 is 5.73 Å². The van der Waals surface area contributed by atoms with E-state index < -0.39 is 10.0 Å². The van der Waals surface area contributed by atoms with E-state index in [-0.39, 0.29) is 10.9 Å². The lowest BCUT2D eigenvalue weighted by molar-refractivity contribution is 0.512. The van der Waals surface area contributed by atoms with E-state index in [2.05, 4.69) is 4.72 Å². The fourth-order valence-corrected chi connectivity index (χ4v) is 3.53. The number of benzene rings is 1. The van der Waals surface area contributed by atoms with Gasteiger partial charge in [-0.3, -0.25) is 0 Å². The molecule has 18 heavy (non-hydrogen) atoms. The Kier molecular flexibility index (Phi) is 5.16. The van der Waals surface area contributed by atoms with Gasteiger partial charge >= 0.3 is 0 Å². The van der Waals surface area contributed by atoms with Crippen LogP contribution in [0.3, 0.4) is 0 Å². The van der Waals surface area contributed by atoms with Crippen LogP contribution in [0.4, 0.5) is 5.69 Å². The minimum Gasteiger partial charge on any atom is -0.398 e. The van der Waals surface area contributed by atoms with Crippen molar-refractivity contribution < 1.29 is 8.42 Å². The highest BCUT2D eigenvalue weighted by atomic mass is 32.2. The molecule has 0 aliphatic carbocycles. The van der Waals surface area contributed by atoms with E-state index in [1.807, 2.05) is 13.8 Å². The molecular formula is C13H22N2O2S. The first-order valence-electron chi connectivity index (χ1n) is 6.29. The second-order valence-corrected chi connectivity index (χ2v) is 6.17. The number of hydrogen-bond donors (Lipinski definition) is 2. The topological polar surface area (TPSA) is 72.2 Å². The Labute approximate surface area is 110 Å². The summed E-state index contributed by atoms with van der Waals surface area (Å²) >= 11 is 0. The Morgan fingerprint density at radius 3 is 2.56 bits per heavy atom. The summed E-state index contributed by atoms with van der Waals surface area (Å²) in [6.07, 6.45) is 2.59. The molecule has 0 radical (unpaired) electrons. The normalized spacial score (nSPS) is 13.5. The van der Waals surface area contributed by atoms with Gasteiger partial charge in [0.05, 0.1) is 4.90 Å². The number of nitrogen functional groups attached to an aromatic ring is 1. The third-order valence-electron chi connectivity index (χ3n) is 3.07. The minimum absolute atomic E-state index is 0.0131. The third-order valence-corrected chi connectivity index (χ3v) is 4.73. The molecule has 0 saturated heterocycles. The van der Waals surface area contributed by atoms with Crippen molar-refractivity contribution in [2.45, 2.75) is 51.0 Å². The molecule has 1 aromatic carbocycles. The van der Waals surface area contributed by atoms with Crippen LogP contribution in [0.15, 0.2) is 23.1 Å². The van der Waals surface area contributed by atoms with Crippen molar-refractivity contribution >= 4 is 15.7 Å². The first-order valence-corrected chi connectivity index (χ1v) is 7.78. The molecule has 1 unspecified atom stereocenters. The number of nitrogens with two attached hydrogens (primary N) is 1. The van der Waals surface area contributed by atoms with Crippen molar-refractivity contribution in [2.75, 3.05) is 5.73 Å². The van der Waals surface area contributed by atoms with E-state index in [0.717, 1.165) is 19.3 Å². The van der Waals surface area contributed by atoms with Gasteiger partial charge in [-0.1, -0.05) is 26.3 Å². The van der Waals surface area contributed by atoms with Crippen LogP contribution in [-0.2, 0) is 10.0 Å². The fourth-order valence-electron chi connectivity index (χ4n) is 1.90. The van der Waals surface area contributed by atoms with E-state index in [1.165, 1.54) is 0 Å². The molecule has 0 fully saturated rings. The smallest absolute Gasteiger partial charge is 0.241 e. The van der Waals surface area contributed by atoms with E-state index in [0.29, 0.717) is 11.3 Å². The van der Waals surface area contributed by atoms with Gasteiger partial charge in [-0.25, -0.2) is 13.1 Å². The van der Waals surface area contributed by atoms with Gasteiger partial charge in [-0.2, -0.15) is 0 Å². The highest BCUT2D eigenvalue weighted by Crippen LogP contribution is 2.21. The van der Waals surface area contributed by atoms with Crippen molar-refractivity contribution in [3.8, 4) is 0 Å². The van der Waals surface area contributed by atoms with Gasteiger partial charge in [-0.05, 0) is 37.5 Å². The molecule has 0 spiro atoms. The zero-order chi connectivity index (χ0) is 13.8.